The van der Waals surface area contributed by atoms with E-state index in [1.807, 2.05) is 0 Å². The van der Waals surface area contributed by atoms with E-state index >= 15 is 0 Å². The molecule has 1 rings (SSSR count). The van der Waals surface area contributed by atoms with E-state index in [-0.39, 0.29) is 35.3 Å². The van der Waals surface area contributed by atoms with Crippen LogP contribution in [0.4, 0.5) is 0 Å². The van der Waals surface area contributed by atoms with Crippen molar-refractivity contribution in [1.82, 2.24) is 0 Å². The standard InChI is InChI=1S/C6H3Cl3O.C6H16OSi.Zn/c7-3-1-4(8)6(10)5(9)2-3;1-4-8(7,5-2)6-3;/h1-2,10H;7H,4-6H2,1-3H3;. The van der Waals surface area contributed by atoms with E-state index in [9.17, 15) is 4.80 Å². The molecule has 19 heavy (non-hydrogen) atoms. The Bertz CT molecular complexity index is 356. The topological polar surface area (TPSA) is 40.5 Å². The Kier molecular flexibility index (Phi) is 12.1. The second kappa shape index (κ2) is 10.4. The summed E-state index contributed by atoms with van der Waals surface area (Å²) in [5.41, 5.74) is 0. The van der Waals surface area contributed by atoms with Crippen LogP contribution >= 0.6 is 34.8 Å². The molecule has 0 aliphatic heterocycles. The Balaban J connectivity index is 0. The first-order valence-electron chi connectivity index (χ1n) is 5.85. The average Bonchev–Trinajstić information content (AvgIpc) is 2.35. The van der Waals surface area contributed by atoms with Gasteiger partial charge >= 0.3 is 0 Å². The van der Waals surface area contributed by atoms with Crippen molar-refractivity contribution < 1.29 is 29.4 Å². The molecule has 1 aromatic carbocycles. The minimum absolute atomic E-state index is 0. The predicted octanol–water partition coefficient (Wildman–Crippen LogP) is 5.33. The van der Waals surface area contributed by atoms with Gasteiger partial charge in [0.2, 0.25) is 0 Å². The fourth-order valence-corrected chi connectivity index (χ4v) is 3.60. The largest absolute Gasteiger partial charge is 0.505 e. The van der Waals surface area contributed by atoms with Gasteiger partial charge in [-0.2, -0.15) is 0 Å². The Labute approximate surface area is 144 Å². The molecule has 0 spiro atoms. The average molecular weight is 395 g/mol. The van der Waals surface area contributed by atoms with Crippen molar-refractivity contribution in [3.63, 3.8) is 0 Å². The predicted molar refractivity (Wildman–Crippen MR) is 82.6 cm³/mol. The molecule has 0 heterocycles. The molecule has 2 N–H and O–H groups in total. The quantitative estimate of drug-likeness (QED) is 0.679. The van der Waals surface area contributed by atoms with Crippen LogP contribution in [-0.2, 0) is 19.5 Å². The smallest absolute Gasteiger partial charge is 0.187 e. The number of phenolic OH excluding ortho intramolecular Hbond substituents is 1. The summed E-state index contributed by atoms with van der Waals surface area (Å²) >= 11 is 16.5. The van der Waals surface area contributed by atoms with Gasteiger partial charge in [0.1, 0.15) is 0 Å². The van der Waals surface area contributed by atoms with Crippen molar-refractivity contribution in [3.05, 3.63) is 27.2 Å². The monoisotopic (exact) mass is 392 g/mol. The molecule has 106 valence electrons. The van der Waals surface area contributed by atoms with Crippen molar-refractivity contribution in [2.45, 2.75) is 38.9 Å². The second-order valence-corrected chi connectivity index (χ2v) is 9.82. The maximum atomic E-state index is 9.58. The molecule has 0 aliphatic rings. The molecular formula is C12H19Cl3O2SiZn. The van der Waals surface area contributed by atoms with Crippen LogP contribution in [0.1, 0.15) is 20.8 Å². The van der Waals surface area contributed by atoms with Gasteiger partial charge in [0.25, 0.3) is 0 Å². The van der Waals surface area contributed by atoms with Gasteiger partial charge in [-0.15, -0.1) is 0 Å². The van der Waals surface area contributed by atoms with Crippen LogP contribution in [0.5, 0.6) is 5.75 Å². The van der Waals surface area contributed by atoms with E-state index in [1.54, 1.807) is 0 Å². The molecule has 7 heteroatoms. The molecule has 0 fully saturated rings. The third-order valence-electron chi connectivity index (χ3n) is 2.96. The second-order valence-electron chi connectivity index (χ2n) is 4.00. The van der Waals surface area contributed by atoms with E-state index in [2.05, 4.69) is 20.8 Å². The SMILES string of the molecule is CC[Si](O)(CC)CC.Oc1c(Cl)cc(Cl)cc1Cl.[Zn]. The molecule has 0 saturated heterocycles. The van der Waals surface area contributed by atoms with Crippen LogP contribution in [0.2, 0.25) is 33.2 Å². The molecule has 0 bridgehead atoms. The van der Waals surface area contributed by atoms with E-state index in [4.69, 9.17) is 39.9 Å². The minimum Gasteiger partial charge on any atom is -0.505 e. The third-order valence-corrected chi connectivity index (χ3v) is 7.70. The molecular weight excluding hydrogens is 376 g/mol. The van der Waals surface area contributed by atoms with Crippen LogP contribution < -0.4 is 0 Å². The normalized spacial score (nSPS) is 10.3. The van der Waals surface area contributed by atoms with Crippen LogP contribution in [0, 0.1) is 0 Å². The Hall–Kier alpha value is 0.690. The Morgan fingerprint density at radius 3 is 1.47 bits per heavy atom. The number of halogens is 3. The van der Waals surface area contributed by atoms with Crippen LogP contribution in [0.15, 0.2) is 12.1 Å². The molecule has 0 amide bonds. The summed E-state index contributed by atoms with van der Waals surface area (Å²) in [7, 11) is -1.67. The summed E-state index contributed by atoms with van der Waals surface area (Å²) in [6.07, 6.45) is 0. The Morgan fingerprint density at radius 2 is 1.26 bits per heavy atom. The van der Waals surface area contributed by atoms with Crippen molar-refractivity contribution >= 4 is 43.1 Å². The van der Waals surface area contributed by atoms with Gasteiger partial charge < -0.3 is 9.90 Å². The fourth-order valence-electron chi connectivity index (χ4n) is 1.28. The summed E-state index contributed by atoms with van der Waals surface area (Å²) in [5.74, 6) is -0.132. The van der Waals surface area contributed by atoms with Crippen molar-refractivity contribution in [2.24, 2.45) is 0 Å². The van der Waals surface area contributed by atoms with Crippen molar-refractivity contribution in [2.75, 3.05) is 0 Å². The van der Waals surface area contributed by atoms with Gasteiger partial charge in [0.15, 0.2) is 14.1 Å². The maximum Gasteiger partial charge on any atom is 0.187 e. The summed E-state index contributed by atoms with van der Waals surface area (Å²) in [5, 5.41) is 9.75. The zero-order chi connectivity index (χ0) is 14.3. The van der Waals surface area contributed by atoms with E-state index in [1.165, 1.54) is 12.1 Å². The summed E-state index contributed by atoms with van der Waals surface area (Å²) in [4.78, 5) is 9.58. The number of benzene rings is 1. The van der Waals surface area contributed by atoms with E-state index < -0.39 is 8.32 Å². The molecule has 0 saturated carbocycles. The molecule has 0 aliphatic carbocycles. The molecule has 0 aromatic heterocycles. The first kappa shape index (κ1) is 22.0. The van der Waals surface area contributed by atoms with E-state index in [0.29, 0.717) is 5.02 Å². The van der Waals surface area contributed by atoms with Crippen molar-refractivity contribution in [3.8, 4) is 5.75 Å². The number of hydrogen-bond donors (Lipinski definition) is 2. The van der Waals surface area contributed by atoms with Gasteiger partial charge in [0, 0.05) is 24.5 Å². The molecule has 2 nitrogen and oxygen atoms in total. The van der Waals surface area contributed by atoms with Gasteiger partial charge in [-0.05, 0) is 30.3 Å². The first-order valence-corrected chi connectivity index (χ1v) is 9.55. The number of hydrogen-bond acceptors (Lipinski definition) is 2. The summed E-state index contributed by atoms with van der Waals surface area (Å²) in [6.45, 7) is 6.25. The number of phenols is 1. The maximum absolute atomic E-state index is 9.58. The van der Waals surface area contributed by atoms with Crippen LogP contribution in [0.25, 0.3) is 0 Å². The van der Waals surface area contributed by atoms with Gasteiger partial charge in [-0.3, -0.25) is 0 Å². The Morgan fingerprint density at radius 1 is 0.947 bits per heavy atom. The minimum atomic E-state index is -1.67. The third kappa shape index (κ3) is 7.89. The van der Waals surface area contributed by atoms with E-state index in [0.717, 1.165) is 18.1 Å². The van der Waals surface area contributed by atoms with Crippen LogP contribution in [0.3, 0.4) is 0 Å². The molecule has 1 aromatic rings. The molecule has 0 radical (unpaired) electrons. The summed E-state index contributed by atoms with van der Waals surface area (Å²) < 4.78 is 0. The van der Waals surface area contributed by atoms with Crippen molar-refractivity contribution in [1.29, 1.82) is 0 Å². The first-order chi connectivity index (χ1) is 8.29. The molecule has 0 unspecified atom stereocenters. The van der Waals surface area contributed by atoms with Gasteiger partial charge in [-0.25, -0.2) is 0 Å². The number of aromatic hydroxyl groups is 1. The number of rotatable bonds is 3. The zero-order valence-electron chi connectivity index (χ0n) is 11.5. The van der Waals surface area contributed by atoms with Gasteiger partial charge in [0.05, 0.1) is 10.0 Å². The zero-order valence-corrected chi connectivity index (χ0v) is 17.7. The van der Waals surface area contributed by atoms with Gasteiger partial charge in [-0.1, -0.05) is 55.6 Å². The fraction of sp³-hybridized carbons (Fsp3) is 0.500. The van der Waals surface area contributed by atoms with Crippen LogP contribution in [-0.4, -0.2) is 18.2 Å². The molecule has 0 atom stereocenters. The summed E-state index contributed by atoms with van der Waals surface area (Å²) in [6, 6.07) is 5.88.